The van der Waals surface area contributed by atoms with Crippen LogP contribution in [0.5, 0.6) is 0 Å². The largest absolute Gasteiger partial charge is 0.345 e. The predicted octanol–water partition coefficient (Wildman–Crippen LogP) is 3.07. The maximum Gasteiger partial charge on any atom is 0.318 e. The lowest BCUT2D eigenvalue weighted by molar-refractivity contribution is 0.0836. The number of hydrogen-bond acceptors (Lipinski definition) is 2. The van der Waals surface area contributed by atoms with E-state index < -0.39 is 17.3 Å². The van der Waals surface area contributed by atoms with E-state index in [1.807, 2.05) is 0 Å². The van der Waals surface area contributed by atoms with E-state index in [4.69, 9.17) is 0 Å². The first kappa shape index (κ1) is 12.3. The second kappa shape index (κ2) is 4.84. The lowest BCUT2D eigenvalue weighted by Gasteiger charge is -2.08. The average Bonchev–Trinajstić information content (AvgIpc) is 2.46. The summed E-state index contributed by atoms with van der Waals surface area (Å²) in [6, 6.07) is 1.65. The molecule has 7 heteroatoms. The van der Waals surface area contributed by atoms with Crippen LogP contribution >= 0.6 is 49.9 Å². The fourth-order valence-electron chi connectivity index (χ4n) is 0.712. The Kier molecular flexibility index (Phi) is 4.26. The van der Waals surface area contributed by atoms with Gasteiger partial charge >= 0.3 is 4.83 Å². The average molecular weight is 396 g/mol. The van der Waals surface area contributed by atoms with E-state index in [2.05, 4.69) is 43.8 Å². The number of nitrogens with one attached hydrogen (secondary N) is 1. The quantitative estimate of drug-likeness (QED) is 0.618. The minimum Gasteiger partial charge on any atom is -0.345 e. The summed E-state index contributed by atoms with van der Waals surface area (Å²) in [4.78, 5) is 8.19. The predicted molar refractivity (Wildman–Crippen MR) is 63.2 cm³/mol. The lowest BCUT2D eigenvalue weighted by Crippen LogP contribution is -2.32. The van der Waals surface area contributed by atoms with E-state index in [1.54, 1.807) is 11.4 Å². The molecule has 0 aliphatic heterocycles. The number of halogens is 4. The summed E-state index contributed by atoms with van der Waals surface area (Å²) in [5.74, 6) is -0.483. The van der Waals surface area contributed by atoms with Crippen LogP contribution in [-0.2, 0) is 0 Å². The van der Waals surface area contributed by atoms with Crippen molar-refractivity contribution in [3.8, 4) is 0 Å². The van der Waals surface area contributed by atoms with Gasteiger partial charge in [-0.1, -0.05) is 0 Å². The topological polar surface area (TPSA) is 29.1 Å². The molecule has 0 aliphatic carbocycles. The van der Waals surface area contributed by atoms with Gasteiger partial charge in [0.15, 0.2) is 0 Å². The zero-order chi connectivity index (χ0) is 10.8. The van der Waals surface area contributed by atoms with Crippen LogP contribution in [0.4, 0.5) is 8.78 Å². The molecule has 0 spiro atoms. The lowest BCUT2D eigenvalue weighted by atomic mass is 10.3. The SMILES string of the molecule is O=C(NCC(F)(F)Br)c1csc(I)c1. The molecular weight excluding hydrogens is 391 g/mol. The van der Waals surface area contributed by atoms with Crippen LogP contribution in [0.2, 0.25) is 0 Å². The molecule has 0 fully saturated rings. The van der Waals surface area contributed by atoms with Crippen molar-refractivity contribution in [3.05, 3.63) is 19.9 Å². The molecule has 0 radical (unpaired) electrons. The van der Waals surface area contributed by atoms with Gasteiger partial charge in [-0.05, 0) is 44.6 Å². The van der Waals surface area contributed by atoms with Gasteiger partial charge in [0.05, 0.1) is 15.0 Å². The van der Waals surface area contributed by atoms with Crippen molar-refractivity contribution in [1.29, 1.82) is 0 Å². The molecule has 2 nitrogen and oxygen atoms in total. The van der Waals surface area contributed by atoms with Crippen molar-refractivity contribution in [2.45, 2.75) is 4.83 Å². The zero-order valence-electron chi connectivity index (χ0n) is 6.69. The normalized spacial score (nSPS) is 11.4. The van der Waals surface area contributed by atoms with Gasteiger partial charge in [-0.2, -0.15) is 8.78 Å². The number of rotatable bonds is 3. The molecule has 14 heavy (non-hydrogen) atoms. The van der Waals surface area contributed by atoms with Gasteiger partial charge in [0.2, 0.25) is 0 Å². The van der Waals surface area contributed by atoms with Crippen molar-refractivity contribution in [2.75, 3.05) is 6.54 Å². The van der Waals surface area contributed by atoms with Crippen LogP contribution in [0.3, 0.4) is 0 Å². The van der Waals surface area contributed by atoms with Crippen molar-refractivity contribution in [3.63, 3.8) is 0 Å². The van der Waals surface area contributed by atoms with Crippen molar-refractivity contribution >= 4 is 55.8 Å². The fraction of sp³-hybridized carbons (Fsp3) is 0.286. The summed E-state index contributed by atoms with van der Waals surface area (Å²) in [5, 5.41) is 3.75. The van der Waals surface area contributed by atoms with Gasteiger partial charge in [0.25, 0.3) is 5.91 Å². The van der Waals surface area contributed by atoms with Gasteiger partial charge in [0.1, 0.15) is 0 Å². The monoisotopic (exact) mass is 395 g/mol. The Hall–Kier alpha value is 0.240. The van der Waals surface area contributed by atoms with Gasteiger partial charge in [-0.25, -0.2) is 0 Å². The fourth-order valence-corrected chi connectivity index (χ4v) is 2.18. The zero-order valence-corrected chi connectivity index (χ0v) is 11.3. The number of carbonyl (C=O) groups is 1. The molecule has 1 heterocycles. The molecule has 0 aromatic carbocycles. The first-order chi connectivity index (χ1) is 6.38. The third-order valence-corrected chi connectivity index (χ3v) is 3.35. The van der Waals surface area contributed by atoms with E-state index in [-0.39, 0.29) is 0 Å². The van der Waals surface area contributed by atoms with E-state index >= 15 is 0 Å². The highest BCUT2D eigenvalue weighted by molar-refractivity contribution is 14.1. The molecule has 0 bridgehead atoms. The number of amides is 1. The second-order valence-corrected chi connectivity index (χ2v) is 6.40. The summed E-state index contributed by atoms with van der Waals surface area (Å²) in [6.07, 6.45) is 0. The van der Waals surface area contributed by atoms with E-state index in [9.17, 15) is 13.6 Å². The van der Waals surface area contributed by atoms with Crippen LogP contribution in [-0.4, -0.2) is 17.3 Å². The van der Waals surface area contributed by atoms with Gasteiger partial charge in [-0.3, -0.25) is 4.79 Å². The maximum absolute atomic E-state index is 12.3. The summed E-state index contributed by atoms with van der Waals surface area (Å²) < 4.78 is 25.6. The second-order valence-electron chi connectivity index (χ2n) is 2.44. The minimum atomic E-state index is -3.05. The Morgan fingerprint density at radius 1 is 1.71 bits per heavy atom. The molecule has 0 saturated carbocycles. The molecule has 0 saturated heterocycles. The first-order valence-electron chi connectivity index (χ1n) is 3.47. The molecule has 1 N–H and O–H groups in total. The highest BCUT2D eigenvalue weighted by atomic mass is 127. The minimum absolute atomic E-state index is 0.413. The Morgan fingerprint density at radius 2 is 2.36 bits per heavy atom. The molecule has 78 valence electrons. The molecule has 0 atom stereocenters. The van der Waals surface area contributed by atoms with Crippen LogP contribution in [0, 0.1) is 2.88 Å². The van der Waals surface area contributed by atoms with Gasteiger partial charge < -0.3 is 5.32 Å². The third kappa shape index (κ3) is 4.18. The van der Waals surface area contributed by atoms with Crippen LogP contribution in [0.15, 0.2) is 11.4 Å². The van der Waals surface area contributed by atoms with Gasteiger partial charge in [0, 0.05) is 5.38 Å². The summed E-state index contributed by atoms with van der Waals surface area (Å²) >= 11 is 5.59. The maximum atomic E-state index is 12.3. The van der Waals surface area contributed by atoms with Crippen molar-refractivity contribution in [2.24, 2.45) is 0 Å². The van der Waals surface area contributed by atoms with Crippen molar-refractivity contribution < 1.29 is 13.6 Å². The van der Waals surface area contributed by atoms with E-state index in [1.165, 1.54) is 11.3 Å². The third-order valence-electron chi connectivity index (χ3n) is 1.28. The Labute approximate surface area is 105 Å². The van der Waals surface area contributed by atoms with Gasteiger partial charge in [-0.15, -0.1) is 11.3 Å². The number of alkyl halides is 3. The molecule has 1 aromatic rings. The Bertz CT molecular complexity index is 339. The van der Waals surface area contributed by atoms with Crippen LogP contribution < -0.4 is 5.32 Å². The summed E-state index contributed by atoms with van der Waals surface area (Å²) in [7, 11) is 0. The smallest absolute Gasteiger partial charge is 0.318 e. The Morgan fingerprint density at radius 3 is 2.79 bits per heavy atom. The number of hydrogen-bond donors (Lipinski definition) is 1. The molecule has 1 rings (SSSR count). The highest BCUT2D eigenvalue weighted by Gasteiger charge is 2.24. The van der Waals surface area contributed by atoms with E-state index in [0.717, 1.165) is 2.88 Å². The summed E-state index contributed by atoms with van der Waals surface area (Å²) in [5.41, 5.74) is 0.413. The number of thiophene rings is 1. The van der Waals surface area contributed by atoms with Crippen molar-refractivity contribution in [1.82, 2.24) is 5.32 Å². The van der Waals surface area contributed by atoms with Crippen LogP contribution in [0.1, 0.15) is 10.4 Å². The standard InChI is InChI=1S/C7H5BrF2INOS/c8-7(9,10)3-12-6(13)4-1-5(11)14-2-4/h1-2H,3H2,(H,12,13). The molecule has 0 unspecified atom stereocenters. The number of carbonyl (C=O) groups excluding carboxylic acids is 1. The summed E-state index contributed by atoms with van der Waals surface area (Å²) in [6.45, 7) is -0.710. The Balaban J connectivity index is 2.52. The molecule has 1 aromatic heterocycles. The first-order valence-corrected chi connectivity index (χ1v) is 6.22. The molecule has 1 amide bonds. The highest BCUT2D eigenvalue weighted by Crippen LogP contribution is 2.20. The van der Waals surface area contributed by atoms with E-state index in [0.29, 0.717) is 5.56 Å². The van der Waals surface area contributed by atoms with Crippen LogP contribution in [0.25, 0.3) is 0 Å². The molecule has 0 aliphatic rings. The molecular formula is C7H5BrF2INOS.